The quantitative estimate of drug-likeness (QED) is 0.423. The average molecular weight is 342 g/mol. The van der Waals surface area contributed by atoms with Crippen molar-refractivity contribution in [2.45, 2.75) is 25.7 Å². The van der Waals surface area contributed by atoms with Crippen LogP contribution >= 0.6 is 22.7 Å². The Labute approximate surface area is 132 Å². The van der Waals surface area contributed by atoms with Crippen molar-refractivity contribution >= 4 is 22.7 Å². The minimum atomic E-state index is 0.490. The molecule has 2 rings (SSSR count). The van der Waals surface area contributed by atoms with Gasteiger partial charge in [0.15, 0.2) is 0 Å². The molecule has 22 heavy (non-hydrogen) atoms. The Balaban J connectivity index is 1.87. The molecule has 10 nitrogen and oxygen atoms in total. The summed E-state index contributed by atoms with van der Waals surface area (Å²) < 4.78 is 3.09. The van der Waals surface area contributed by atoms with Crippen molar-refractivity contribution in [3.63, 3.8) is 0 Å². The number of nitroso groups, excluding NO2 is 2. The first-order valence-electron chi connectivity index (χ1n) is 6.42. The lowest BCUT2D eigenvalue weighted by atomic mass is 10.2. The van der Waals surface area contributed by atoms with E-state index in [1.807, 2.05) is 0 Å². The molecule has 0 aliphatic rings. The standard InChI is InChI=1S/C10H14N8O2S2/c1-17-9(11-15-19)21-7(13-17)5-3-4-6-8-14-18(2)10(22-8)12-16-20/h3-6H2,1-2H3/b11-9-,12-10+. The second-order valence-electron chi connectivity index (χ2n) is 4.37. The SMILES string of the molecule is Cn1nc(CCCCc2nn(C)/c(=N\N=O)s2)s/c1=N\N=O. The minimum Gasteiger partial charge on any atom is -0.240 e. The number of hydrogen-bond acceptors (Lipinski definition) is 8. The summed E-state index contributed by atoms with van der Waals surface area (Å²) in [6.07, 6.45) is 3.47. The van der Waals surface area contributed by atoms with Gasteiger partial charge in [-0.3, -0.25) is 0 Å². The molecule has 0 saturated heterocycles. The van der Waals surface area contributed by atoms with E-state index in [2.05, 4.69) is 31.0 Å². The molecule has 0 spiro atoms. The molecular formula is C10H14N8O2S2. The van der Waals surface area contributed by atoms with Gasteiger partial charge < -0.3 is 0 Å². The minimum absolute atomic E-state index is 0.490. The second-order valence-corrected chi connectivity index (χ2v) is 6.46. The van der Waals surface area contributed by atoms with E-state index >= 15 is 0 Å². The number of rotatable bonds is 7. The monoisotopic (exact) mass is 342 g/mol. The Morgan fingerprint density at radius 1 is 0.864 bits per heavy atom. The number of nitrogens with zero attached hydrogens (tertiary/aromatic N) is 8. The van der Waals surface area contributed by atoms with Gasteiger partial charge in [0.05, 0.1) is 10.6 Å². The zero-order valence-corrected chi connectivity index (χ0v) is 13.7. The predicted molar refractivity (Wildman–Crippen MR) is 81.5 cm³/mol. The number of hydrogen-bond donors (Lipinski definition) is 0. The lowest BCUT2D eigenvalue weighted by Gasteiger charge is -1.95. The average Bonchev–Trinajstić information content (AvgIpc) is 3.00. The van der Waals surface area contributed by atoms with Crippen LogP contribution < -0.4 is 9.60 Å². The lowest BCUT2D eigenvalue weighted by molar-refractivity contribution is 0.659. The largest absolute Gasteiger partial charge is 0.240 e. The first kappa shape index (κ1) is 16.3. The molecule has 0 unspecified atom stereocenters. The maximum Gasteiger partial charge on any atom is 0.231 e. The van der Waals surface area contributed by atoms with Crippen LogP contribution in [-0.2, 0) is 26.9 Å². The molecule has 2 aromatic heterocycles. The van der Waals surface area contributed by atoms with Crippen molar-refractivity contribution in [2.24, 2.45) is 34.9 Å². The normalized spacial score (nSPS) is 12.8. The molecule has 0 aliphatic carbocycles. The van der Waals surface area contributed by atoms with E-state index in [0.29, 0.717) is 9.60 Å². The van der Waals surface area contributed by atoms with E-state index in [1.165, 1.54) is 22.7 Å². The van der Waals surface area contributed by atoms with Crippen LogP contribution in [0.2, 0.25) is 0 Å². The predicted octanol–water partition coefficient (Wildman–Crippen LogP) is 1.01. The number of aryl methyl sites for hydroxylation is 4. The number of unbranched alkanes of at least 4 members (excludes halogenated alkanes) is 1. The van der Waals surface area contributed by atoms with Crippen molar-refractivity contribution in [3.8, 4) is 0 Å². The summed E-state index contributed by atoms with van der Waals surface area (Å²) in [4.78, 5) is 21.3. The van der Waals surface area contributed by atoms with Crippen molar-refractivity contribution in [2.75, 3.05) is 0 Å². The lowest BCUT2D eigenvalue weighted by Crippen LogP contribution is -2.10. The fourth-order valence-corrected chi connectivity index (χ4v) is 3.53. The summed E-state index contributed by atoms with van der Waals surface area (Å²) >= 11 is 2.71. The third kappa shape index (κ3) is 4.21. The van der Waals surface area contributed by atoms with Crippen LogP contribution in [0, 0.1) is 9.81 Å². The zero-order chi connectivity index (χ0) is 15.9. The van der Waals surface area contributed by atoms with Crippen LogP contribution in [0.1, 0.15) is 22.9 Å². The fraction of sp³-hybridized carbons (Fsp3) is 0.600. The summed E-state index contributed by atoms with van der Waals surface area (Å²) in [6, 6.07) is 0. The van der Waals surface area contributed by atoms with Crippen LogP contribution in [0.4, 0.5) is 0 Å². The van der Waals surface area contributed by atoms with E-state index in [-0.39, 0.29) is 0 Å². The van der Waals surface area contributed by atoms with Gasteiger partial charge in [-0.1, -0.05) is 32.9 Å². The van der Waals surface area contributed by atoms with E-state index in [9.17, 15) is 9.81 Å². The van der Waals surface area contributed by atoms with Gasteiger partial charge in [0, 0.05) is 26.9 Å². The highest BCUT2D eigenvalue weighted by molar-refractivity contribution is 7.09. The number of aromatic nitrogens is 4. The topological polar surface area (TPSA) is 119 Å². The molecule has 0 aromatic carbocycles. The van der Waals surface area contributed by atoms with Gasteiger partial charge in [0.1, 0.15) is 10.0 Å². The first-order chi connectivity index (χ1) is 10.6. The van der Waals surface area contributed by atoms with Crippen molar-refractivity contribution in [3.05, 3.63) is 29.4 Å². The summed E-state index contributed by atoms with van der Waals surface area (Å²) in [6.45, 7) is 0. The van der Waals surface area contributed by atoms with Gasteiger partial charge in [-0.25, -0.2) is 9.36 Å². The Kier molecular flexibility index (Phi) is 5.77. The zero-order valence-electron chi connectivity index (χ0n) is 12.0. The highest BCUT2D eigenvalue weighted by Gasteiger charge is 2.05. The maximum atomic E-state index is 10.1. The van der Waals surface area contributed by atoms with E-state index < -0.39 is 0 Å². The molecule has 0 bridgehead atoms. The van der Waals surface area contributed by atoms with Crippen LogP contribution in [0.3, 0.4) is 0 Å². The molecule has 2 aromatic rings. The van der Waals surface area contributed by atoms with E-state index in [1.54, 1.807) is 23.5 Å². The molecule has 0 atom stereocenters. The van der Waals surface area contributed by atoms with Crippen molar-refractivity contribution < 1.29 is 0 Å². The van der Waals surface area contributed by atoms with Crippen molar-refractivity contribution in [1.82, 2.24) is 19.6 Å². The second kappa shape index (κ2) is 7.79. The Morgan fingerprint density at radius 2 is 1.27 bits per heavy atom. The van der Waals surface area contributed by atoms with E-state index in [4.69, 9.17) is 0 Å². The molecule has 2 heterocycles. The molecule has 0 amide bonds. The first-order valence-corrected chi connectivity index (χ1v) is 8.06. The van der Waals surface area contributed by atoms with Gasteiger partial charge in [-0.2, -0.15) is 10.2 Å². The Bertz CT molecular complexity index is 717. The molecule has 0 N–H and O–H groups in total. The van der Waals surface area contributed by atoms with Gasteiger partial charge in [-0.05, 0) is 12.8 Å². The Hall–Kier alpha value is -2.08. The third-order valence-corrected chi connectivity index (χ3v) is 4.88. The summed E-state index contributed by atoms with van der Waals surface area (Å²) in [5, 5.41) is 22.4. The van der Waals surface area contributed by atoms with Gasteiger partial charge >= 0.3 is 0 Å². The summed E-state index contributed by atoms with van der Waals surface area (Å²) in [7, 11) is 3.46. The molecule has 0 saturated carbocycles. The highest BCUT2D eigenvalue weighted by Crippen LogP contribution is 2.09. The summed E-state index contributed by atoms with van der Waals surface area (Å²) in [5.74, 6) is 0. The van der Waals surface area contributed by atoms with E-state index in [0.717, 1.165) is 35.7 Å². The van der Waals surface area contributed by atoms with Gasteiger partial charge in [-0.15, -0.1) is 9.81 Å². The Morgan fingerprint density at radius 3 is 1.64 bits per heavy atom. The van der Waals surface area contributed by atoms with Crippen LogP contribution in [-0.4, -0.2) is 19.6 Å². The smallest absolute Gasteiger partial charge is 0.231 e. The molecule has 0 aliphatic heterocycles. The fourth-order valence-electron chi connectivity index (χ4n) is 1.80. The van der Waals surface area contributed by atoms with Gasteiger partial charge in [0.2, 0.25) is 9.60 Å². The molecule has 12 heteroatoms. The maximum absolute atomic E-state index is 10.1. The molecule has 0 fully saturated rings. The molecule has 0 radical (unpaired) electrons. The highest BCUT2D eigenvalue weighted by atomic mass is 32.1. The van der Waals surface area contributed by atoms with Crippen LogP contribution in [0.5, 0.6) is 0 Å². The molecular weight excluding hydrogens is 328 g/mol. The summed E-state index contributed by atoms with van der Waals surface area (Å²) in [5.41, 5.74) is 0. The van der Waals surface area contributed by atoms with Crippen LogP contribution in [0.15, 0.2) is 20.8 Å². The van der Waals surface area contributed by atoms with Gasteiger partial charge in [0.25, 0.3) is 0 Å². The van der Waals surface area contributed by atoms with Crippen molar-refractivity contribution in [1.29, 1.82) is 0 Å². The molecule has 118 valence electrons. The van der Waals surface area contributed by atoms with Crippen LogP contribution in [0.25, 0.3) is 0 Å². The third-order valence-electron chi connectivity index (χ3n) is 2.78.